The van der Waals surface area contributed by atoms with Crippen molar-refractivity contribution in [2.45, 2.75) is 45.6 Å². The fourth-order valence-electron chi connectivity index (χ4n) is 6.03. The van der Waals surface area contributed by atoms with Crippen molar-refractivity contribution in [2.24, 2.45) is 5.41 Å². The Bertz CT molecular complexity index is 1140. The Kier molecular flexibility index (Phi) is 9.04. The largest absolute Gasteiger partial charge is 0.491 e. The van der Waals surface area contributed by atoms with E-state index in [-0.39, 0.29) is 17.2 Å². The second kappa shape index (κ2) is 12.8. The van der Waals surface area contributed by atoms with Crippen molar-refractivity contribution in [3.63, 3.8) is 0 Å². The van der Waals surface area contributed by atoms with Gasteiger partial charge < -0.3 is 25.0 Å². The number of benzene rings is 2. The minimum absolute atomic E-state index is 0.108. The van der Waals surface area contributed by atoms with E-state index in [1.54, 1.807) is 12.1 Å². The molecule has 0 aromatic heterocycles. The van der Waals surface area contributed by atoms with Gasteiger partial charge in [0.05, 0.1) is 30.7 Å². The van der Waals surface area contributed by atoms with Crippen LogP contribution in [0.25, 0.3) is 0 Å². The maximum absolute atomic E-state index is 13.5. The number of nitrogens with one attached hydrogen (secondary N) is 2. The number of fused-ring (bicyclic) bond motifs is 1. The van der Waals surface area contributed by atoms with Crippen LogP contribution in [0.15, 0.2) is 42.5 Å². The van der Waals surface area contributed by atoms with Crippen LogP contribution in [0.4, 0.5) is 5.69 Å². The van der Waals surface area contributed by atoms with Gasteiger partial charge in [0.25, 0.3) is 5.91 Å². The smallest absolute Gasteiger partial charge is 0.255 e. The third kappa shape index (κ3) is 6.73. The van der Waals surface area contributed by atoms with Crippen LogP contribution >= 0.6 is 0 Å². The van der Waals surface area contributed by atoms with Gasteiger partial charge in [-0.1, -0.05) is 24.6 Å². The lowest BCUT2D eigenvalue weighted by Crippen LogP contribution is -2.49. The molecule has 0 bridgehead atoms. The van der Waals surface area contributed by atoms with Gasteiger partial charge in [-0.25, -0.2) is 0 Å². The number of rotatable bonds is 3. The number of hydrogen-bond donors (Lipinski definition) is 2. The lowest BCUT2D eigenvalue weighted by atomic mass is 9.73. The van der Waals surface area contributed by atoms with Crippen molar-refractivity contribution >= 4 is 17.5 Å². The molecule has 0 aliphatic carbocycles. The standard InChI is InChI=1S/C31H42N4O4/c1-24-22-26(35-17-20-38-21-18-35)9-8-25(24)23-34-15-11-31(12-16-34)10-4-5-13-32-29(36)27-6-2-3-7-28(27)39-19-14-33-30(31)37/h2-3,6-9,22H,4-5,10-21,23H2,1H3,(H,32,36)(H,33,37). The van der Waals surface area contributed by atoms with Gasteiger partial charge in [0.15, 0.2) is 0 Å². The maximum Gasteiger partial charge on any atom is 0.255 e. The van der Waals surface area contributed by atoms with Crippen molar-refractivity contribution in [3.05, 3.63) is 59.2 Å². The molecule has 8 nitrogen and oxygen atoms in total. The topological polar surface area (TPSA) is 83.1 Å². The molecule has 0 radical (unpaired) electrons. The Balaban J connectivity index is 1.19. The Morgan fingerprint density at radius 1 is 0.872 bits per heavy atom. The van der Waals surface area contributed by atoms with Gasteiger partial charge in [-0.2, -0.15) is 0 Å². The molecule has 8 heteroatoms. The van der Waals surface area contributed by atoms with E-state index in [1.807, 2.05) is 12.1 Å². The van der Waals surface area contributed by atoms with Crippen LogP contribution in [0.3, 0.4) is 0 Å². The molecule has 0 saturated carbocycles. The third-order valence-corrected chi connectivity index (χ3v) is 8.54. The summed E-state index contributed by atoms with van der Waals surface area (Å²) in [6, 6.07) is 14.1. The lowest BCUT2D eigenvalue weighted by molar-refractivity contribution is -0.134. The summed E-state index contributed by atoms with van der Waals surface area (Å²) in [5, 5.41) is 6.18. The van der Waals surface area contributed by atoms with Gasteiger partial charge in [0.2, 0.25) is 5.91 Å². The summed E-state index contributed by atoms with van der Waals surface area (Å²) in [5.41, 5.74) is 4.12. The van der Waals surface area contributed by atoms with E-state index in [0.717, 1.165) is 78.0 Å². The fraction of sp³-hybridized carbons (Fsp3) is 0.548. The predicted molar refractivity (Wildman–Crippen MR) is 152 cm³/mol. The highest BCUT2D eigenvalue weighted by molar-refractivity contribution is 5.96. The quantitative estimate of drug-likeness (QED) is 0.627. The Morgan fingerprint density at radius 3 is 2.46 bits per heavy atom. The molecule has 3 aliphatic rings. The van der Waals surface area contributed by atoms with Crippen molar-refractivity contribution in [1.29, 1.82) is 0 Å². The van der Waals surface area contributed by atoms with E-state index in [4.69, 9.17) is 9.47 Å². The predicted octanol–water partition coefficient (Wildman–Crippen LogP) is 3.52. The highest BCUT2D eigenvalue weighted by Crippen LogP contribution is 2.38. The summed E-state index contributed by atoms with van der Waals surface area (Å²) in [7, 11) is 0. The first-order valence-electron chi connectivity index (χ1n) is 14.5. The molecule has 2 aromatic rings. The van der Waals surface area contributed by atoms with Crippen LogP contribution in [0.2, 0.25) is 0 Å². The minimum Gasteiger partial charge on any atom is -0.491 e. The molecule has 2 amide bonds. The molecule has 2 fully saturated rings. The third-order valence-electron chi connectivity index (χ3n) is 8.54. The maximum atomic E-state index is 13.5. The monoisotopic (exact) mass is 534 g/mol. The molecule has 2 aromatic carbocycles. The number of ether oxygens (including phenoxy) is 2. The van der Waals surface area contributed by atoms with Crippen LogP contribution in [0, 0.1) is 12.3 Å². The van der Waals surface area contributed by atoms with E-state index in [1.165, 1.54) is 16.8 Å². The fourth-order valence-corrected chi connectivity index (χ4v) is 6.03. The first-order valence-corrected chi connectivity index (χ1v) is 14.5. The summed E-state index contributed by atoms with van der Waals surface area (Å²) in [6.07, 6.45) is 4.29. The van der Waals surface area contributed by atoms with Crippen molar-refractivity contribution < 1.29 is 19.1 Å². The lowest BCUT2D eigenvalue weighted by Gasteiger charge is -2.41. The van der Waals surface area contributed by atoms with Crippen LogP contribution in [0.1, 0.15) is 53.6 Å². The average molecular weight is 535 g/mol. The number of hydrogen-bond acceptors (Lipinski definition) is 6. The zero-order valence-electron chi connectivity index (χ0n) is 23.2. The highest BCUT2D eigenvalue weighted by atomic mass is 16.5. The Morgan fingerprint density at radius 2 is 1.67 bits per heavy atom. The Hall–Kier alpha value is -3.10. The summed E-state index contributed by atoms with van der Waals surface area (Å²) in [5.74, 6) is 0.590. The number of piperidine rings is 1. The number of aryl methyl sites for hydroxylation is 1. The molecule has 0 atom stereocenters. The van der Waals surface area contributed by atoms with Gasteiger partial charge in [-0.15, -0.1) is 0 Å². The summed E-state index contributed by atoms with van der Waals surface area (Å²) in [6.45, 7) is 9.74. The summed E-state index contributed by atoms with van der Waals surface area (Å²) in [4.78, 5) is 31.0. The highest BCUT2D eigenvalue weighted by Gasteiger charge is 2.40. The molecule has 210 valence electrons. The molecule has 3 heterocycles. The normalized spacial score (nSPS) is 21.3. The zero-order chi connectivity index (χ0) is 27.1. The van der Waals surface area contributed by atoms with Crippen molar-refractivity contribution in [3.8, 4) is 5.75 Å². The van der Waals surface area contributed by atoms with E-state index in [2.05, 4.69) is 45.6 Å². The molecule has 2 N–H and O–H groups in total. The SMILES string of the molecule is Cc1cc(N2CCOCC2)ccc1CN1CCC2(CCCCNC(=O)c3ccccc3OCCNC2=O)CC1. The van der Waals surface area contributed by atoms with Gasteiger partial charge in [-0.3, -0.25) is 14.5 Å². The molecule has 39 heavy (non-hydrogen) atoms. The molecular weight excluding hydrogens is 492 g/mol. The van der Waals surface area contributed by atoms with Gasteiger partial charge in [0.1, 0.15) is 12.4 Å². The number of morpholine rings is 1. The summed E-state index contributed by atoms with van der Waals surface area (Å²) < 4.78 is 11.4. The molecule has 3 aliphatic heterocycles. The van der Waals surface area contributed by atoms with Gasteiger partial charge in [0, 0.05) is 31.9 Å². The van der Waals surface area contributed by atoms with Crippen LogP contribution < -0.4 is 20.3 Å². The molecule has 1 spiro atoms. The second-order valence-electron chi connectivity index (χ2n) is 11.1. The minimum atomic E-state index is -0.363. The van der Waals surface area contributed by atoms with Gasteiger partial charge >= 0.3 is 0 Å². The van der Waals surface area contributed by atoms with Crippen LogP contribution in [-0.2, 0) is 16.1 Å². The second-order valence-corrected chi connectivity index (χ2v) is 11.1. The number of likely N-dealkylation sites (tertiary alicyclic amines) is 1. The Labute approximate surface area is 232 Å². The first kappa shape index (κ1) is 27.5. The zero-order valence-corrected chi connectivity index (χ0v) is 23.2. The number of carbonyl (C=O) groups is 2. The number of anilines is 1. The average Bonchev–Trinajstić information content (AvgIpc) is 2.97. The van der Waals surface area contributed by atoms with Crippen molar-refractivity contribution in [1.82, 2.24) is 15.5 Å². The van der Waals surface area contributed by atoms with Crippen LogP contribution in [-0.4, -0.2) is 75.8 Å². The number of para-hydroxylation sites is 1. The molecule has 0 unspecified atom stereocenters. The molecule has 5 rings (SSSR count). The summed E-state index contributed by atoms with van der Waals surface area (Å²) >= 11 is 0. The number of amides is 2. The number of carbonyl (C=O) groups excluding carboxylic acids is 2. The molecular formula is C31H42N4O4. The number of nitrogens with zero attached hydrogens (tertiary/aromatic N) is 2. The van der Waals surface area contributed by atoms with E-state index in [0.29, 0.717) is 31.0 Å². The first-order chi connectivity index (χ1) is 19.0. The van der Waals surface area contributed by atoms with E-state index >= 15 is 0 Å². The van der Waals surface area contributed by atoms with E-state index in [9.17, 15) is 9.59 Å². The van der Waals surface area contributed by atoms with Crippen LogP contribution in [0.5, 0.6) is 5.75 Å². The van der Waals surface area contributed by atoms with Crippen molar-refractivity contribution in [2.75, 3.05) is 64.0 Å². The van der Waals surface area contributed by atoms with E-state index < -0.39 is 0 Å². The van der Waals surface area contributed by atoms with Gasteiger partial charge in [-0.05, 0) is 81.1 Å². The molecule has 2 saturated heterocycles.